The van der Waals surface area contributed by atoms with Gasteiger partial charge in [0.05, 0.1) is 0 Å². The first kappa shape index (κ1) is 10.2. The molecule has 0 aliphatic heterocycles. The molecule has 0 aliphatic rings. The van der Waals surface area contributed by atoms with E-state index >= 15 is 0 Å². The standard InChI is InChI=1S/C13H18N2/c1-4-15-8-7-10-9-11(13(2,3)14)5-6-12(10)15/h5-9H,4,14H2,1-3H3. The number of benzene rings is 1. The van der Waals surface area contributed by atoms with Gasteiger partial charge in [-0.2, -0.15) is 0 Å². The van der Waals surface area contributed by atoms with Crippen LogP contribution < -0.4 is 5.73 Å². The van der Waals surface area contributed by atoms with E-state index in [0.717, 1.165) is 6.54 Å². The molecule has 0 spiro atoms. The number of nitrogens with zero attached hydrogens (tertiary/aromatic N) is 1. The highest BCUT2D eigenvalue weighted by Gasteiger charge is 2.14. The van der Waals surface area contributed by atoms with E-state index in [1.807, 2.05) is 13.8 Å². The summed E-state index contributed by atoms with van der Waals surface area (Å²) >= 11 is 0. The number of nitrogens with two attached hydrogens (primary N) is 1. The third kappa shape index (κ3) is 1.77. The predicted octanol–water partition coefficient (Wildman–Crippen LogP) is 2.86. The van der Waals surface area contributed by atoms with Crippen LogP contribution in [0.4, 0.5) is 0 Å². The largest absolute Gasteiger partial charge is 0.348 e. The van der Waals surface area contributed by atoms with Crippen molar-refractivity contribution >= 4 is 10.9 Å². The molecule has 0 radical (unpaired) electrons. The average Bonchev–Trinajstić information content (AvgIpc) is 2.58. The van der Waals surface area contributed by atoms with Gasteiger partial charge in [0.2, 0.25) is 0 Å². The summed E-state index contributed by atoms with van der Waals surface area (Å²) in [5.74, 6) is 0. The van der Waals surface area contributed by atoms with Gasteiger partial charge < -0.3 is 10.3 Å². The Labute approximate surface area is 90.7 Å². The lowest BCUT2D eigenvalue weighted by Crippen LogP contribution is -2.28. The number of rotatable bonds is 2. The minimum atomic E-state index is -0.261. The minimum Gasteiger partial charge on any atom is -0.348 e. The molecule has 2 rings (SSSR count). The highest BCUT2D eigenvalue weighted by atomic mass is 14.9. The molecule has 0 amide bonds. The van der Waals surface area contributed by atoms with Gasteiger partial charge in [-0.15, -0.1) is 0 Å². The van der Waals surface area contributed by atoms with Crippen LogP contribution >= 0.6 is 0 Å². The van der Waals surface area contributed by atoms with Crippen molar-refractivity contribution in [3.05, 3.63) is 36.0 Å². The fraction of sp³-hybridized carbons (Fsp3) is 0.385. The maximum Gasteiger partial charge on any atom is 0.0480 e. The summed E-state index contributed by atoms with van der Waals surface area (Å²) in [6, 6.07) is 8.60. The Balaban J connectivity index is 2.58. The lowest BCUT2D eigenvalue weighted by Gasteiger charge is -2.19. The Morgan fingerprint density at radius 2 is 2.00 bits per heavy atom. The van der Waals surface area contributed by atoms with Crippen molar-refractivity contribution in [3.8, 4) is 0 Å². The molecule has 0 bridgehead atoms. The summed E-state index contributed by atoms with van der Waals surface area (Å²) in [6.07, 6.45) is 2.12. The fourth-order valence-corrected chi connectivity index (χ4v) is 1.88. The molecule has 0 unspecified atom stereocenters. The second-order valence-electron chi connectivity index (χ2n) is 4.60. The van der Waals surface area contributed by atoms with Gasteiger partial charge in [-0.05, 0) is 49.9 Å². The molecular formula is C13H18N2. The van der Waals surface area contributed by atoms with E-state index < -0.39 is 0 Å². The summed E-state index contributed by atoms with van der Waals surface area (Å²) in [5, 5.41) is 1.27. The van der Waals surface area contributed by atoms with Crippen LogP contribution in [0.3, 0.4) is 0 Å². The van der Waals surface area contributed by atoms with Crippen molar-refractivity contribution in [2.24, 2.45) is 5.73 Å². The predicted molar refractivity (Wildman–Crippen MR) is 64.8 cm³/mol. The number of hydrogen-bond donors (Lipinski definition) is 1. The lowest BCUT2D eigenvalue weighted by molar-refractivity contribution is 0.555. The number of aromatic nitrogens is 1. The maximum absolute atomic E-state index is 6.08. The molecule has 2 N–H and O–H groups in total. The monoisotopic (exact) mass is 202 g/mol. The van der Waals surface area contributed by atoms with Gasteiger partial charge in [-0.1, -0.05) is 6.07 Å². The molecular weight excluding hydrogens is 184 g/mol. The Kier molecular flexibility index (Phi) is 2.31. The van der Waals surface area contributed by atoms with Crippen molar-refractivity contribution in [3.63, 3.8) is 0 Å². The van der Waals surface area contributed by atoms with Crippen LogP contribution in [0.1, 0.15) is 26.3 Å². The second kappa shape index (κ2) is 3.38. The van der Waals surface area contributed by atoms with Crippen molar-refractivity contribution in [2.75, 3.05) is 0 Å². The first-order chi connectivity index (χ1) is 7.02. The van der Waals surface area contributed by atoms with Gasteiger partial charge in [-0.3, -0.25) is 0 Å². The van der Waals surface area contributed by atoms with E-state index in [2.05, 4.69) is 42.0 Å². The Bertz CT molecular complexity index is 475. The Morgan fingerprint density at radius 1 is 1.27 bits per heavy atom. The minimum absolute atomic E-state index is 0.261. The molecule has 1 heterocycles. The molecule has 80 valence electrons. The molecule has 2 aromatic rings. The maximum atomic E-state index is 6.08. The lowest BCUT2D eigenvalue weighted by atomic mass is 9.95. The SMILES string of the molecule is CCn1ccc2cc(C(C)(C)N)ccc21. The molecule has 2 nitrogen and oxygen atoms in total. The van der Waals surface area contributed by atoms with E-state index in [0.29, 0.717) is 0 Å². The first-order valence-electron chi connectivity index (χ1n) is 5.40. The van der Waals surface area contributed by atoms with Crippen LogP contribution in [0.5, 0.6) is 0 Å². The van der Waals surface area contributed by atoms with Crippen LogP contribution in [0.25, 0.3) is 10.9 Å². The molecule has 0 aliphatic carbocycles. The molecule has 0 saturated heterocycles. The summed E-state index contributed by atoms with van der Waals surface area (Å²) < 4.78 is 2.24. The first-order valence-corrected chi connectivity index (χ1v) is 5.40. The van der Waals surface area contributed by atoms with Crippen LogP contribution in [0.15, 0.2) is 30.5 Å². The molecule has 0 atom stereocenters. The Morgan fingerprint density at radius 3 is 2.60 bits per heavy atom. The summed E-state index contributed by atoms with van der Waals surface area (Å²) in [5.41, 5.74) is 8.29. The zero-order valence-corrected chi connectivity index (χ0v) is 9.62. The van der Waals surface area contributed by atoms with Crippen molar-refractivity contribution in [2.45, 2.75) is 32.9 Å². The third-order valence-corrected chi connectivity index (χ3v) is 2.86. The zero-order chi connectivity index (χ0) is 11.1. The van der Waals surface area contributed by atoms with Gasteiger partial charge in [0.25, 0.3) is 0 Å². The van der Waals surface area contributed by atoms with Gasteiger partial charge in [0, 0.05) is 23.8 Å². The van der Waals surface area contributed by atoms with Gasteiger partial charge in [-0.25, -0.2) is 0 Å². The van der Waals surface area contributed by atoms with Crippen LogP contribution in [-0.2, 0) is 12.1 Å². The highest BCUT2D eigenvalue weighted by molar-refractivity contribution is 5.81. The van der Waals surface area contributed by atoms with Crippen LogP contribution in [0, 0.1) is 0 Å². The van der Waals surface area contributed by atoms with Gasteiger partial charge >= 0.3 is 0 Å². The molecule has 0 fully saturated rings. The molecule has 2 heteroatoms. The highest BCUT2D eigenvalue weighted by Crippen LogP contribution is 2.23. The van der Waals surface area contributed by atoms with Crippen LogP contribution in [0.2, 0.25) is 0 Å². The van der Waals surface area contributed by atoms with Gasteiger partial charge in [0.15, 0.2) is 0 Å². The van der Waals surface area contributed by atoms with Crippen molar-refractivity contribution in [1.82, 2.24) is 4.57 Å². The number of fused-ring (bicyclic) bond motifs is 1. The van der Waals surface area contributed by atoms with Crippen molar-refractivity contribution in [1.29, 1.82) is 0 Å². The topological polar surface area (TPSA) is 30.9 Å². The van der Waals surface area contributed by atoms with E-state index in [9.17, 15) is 0 Å². The normalized spacial score (nSPS) is 12.3. The van der Waals surface area contributed by atoms with Crippen molar-refractivity contribution < 1.29 is 0 Å². The Hall–Kier alpha value is -1.28. The summed E-state index contributed by atoms with van der Waals surface area (Å²) in [4.78, 5) is 0. The van der Waals surface area contributed by atoms with Gasteiger partial charge in [0.1, 0.15) is 0 Å². The van der Waals surface area contributed by atoms with Crippen LogP contribution in [-0.4, -0.2) is 4.57 Å². The molecule has 1 aromatic carbocycles. The smallest absolute Gasteiger partial charge is 0.0480 e. The number of aryl methyl sites for hydroxylation is 1. The second-order valence-corrected chi connectivity index (χ2v) is 4.60. The third-order valence-electron chi connectivity index (χ3n) is 2.86. The van der Waals surface area contributed by atoms with E-state index in [4.69, 9.17) is 5.73 Å². The number of hydrogen-bond acceptors (Lipinski definition) is 1. The molecule has 15 heavy (non-hydrogen) atoms. The average molecular weight is 202 g/mol. The zero-order valence-electron chi connectivity index (χ0n) is 9.62. The quantitative estimate of drug-likeness (QED) is 0.797. The van der Waals surface area contributed by atoms with E-state index in [-0.39, 0.29) is 5.54 Å². The molecule has 0 saturated carbocycles. The summed E-state index contributed by atoms with van der Waals surface area (Å²) in [6.45, 7) is 7.23. The van der Waals surface area contributed by atoms with E-state index in [1.54, 1.807) is 0 Å². The fourth-order valence-electron chi connectivity index (χ4n) is 1.88. The molecule has 1 aromatic heterocycles. The summed E-state index contributed by atoms with van der Waals surface area (Å²) in [7, 11) is 0. The van der Waals surface area contributed by atoms with E-state index in [1.165, 1.54) is 16.5 Å².